The largest absolute Gasteiger partial charge is 0.507 e. The van der Waals surface area contributed by atoms with Crippen molar-refractivity contribution in [3.8, 4) is 11.5 Å². The minimum atomic E-state index is -1.12. The lowest BCUT2D eigenvalue weighted by molar-refractivity contribution is 0.0812. The van der Waals surface area contributed by atoms with Crippen LogP contribution in [0.3, 0.4) is 0 Å². The summed E-state index contributed by atoms with van der Waals surface area (Å²) >= 11 is 0. The van der Waals surface area contributed by atoms with Crippen molar-refractivity contribution >= 4 is 11.6 Å². The highest BCUT2D eigenvalue weighted by Gasteiger charge is 2.25. The monoisotopic (exact) mass is 288 g/mol. The van der Waals surface area contributed by atoms with Gasteiger partial charge in [-0.3, -0.25) is 9.59 Å². The number of Topliss-reactive ketones (excluding diaryl/α,β-unsaturated/α-hetero) is 2. The van der Waals surface area contributed by atoms with E-state index in [-0.39, 0.29) is 11.3 Å². The van der Waals surface area contributed by atoms with Crippen molar-refractivity contribution in [3.05, 3.63) is 57.6 Å². The summed E-state index contributed by atoms with van der Waals surface area (Å²) in [7, 11) is 1.47. The van der Waals surface area contributed by atoms with Crippen molar-refractivity contribution in [2.75, 3.05) is 7.11 Å². The molecule has 1 heterocycles. The summed E-state index contributed by atoms with van der Waals surface area (Å²) in [5.41, 5.74) is -1.62. The van der Waals surface area contributed by atoms with Crippen LogP contribution in [0.15, 0.2) is 39.5 Å². The summed E-state index contributed by atoms with van der Waals surface area (Å²) in [4.78, 5) is 35.7. The standard InChI is InChI=1S/C15H12O6/c1-8-7-11(16)12(15(19)21-8)14(18)13(17)9-3-5-10(20-2)6-4-9/h3-7,16H,1-2H3. The Morgan fingerprint density at radius 1 is 1.14 bits per heavy atom. The Labute approximate surface area is 119 Å². The number of carbonyl (C=O) groups excluding carboxylic acids is 2. The van der Waals surface area contributed by atoms with Crippen LogP contribution in [-0.4, -0.2) is 23.8 Å². The Kier molecular flexibility index (Phi) is 3.89. The number of hydrogen-bond donors (Lipinski definition) is 1. The van der Waals surface area contributed by atoms with Gasteiger partial charge in [-0.25, -0.2) is 4.79 Å². The molecule has 0 bridgehead atoms. The summed E-state index contributed by atoms with van der Waals surface area (Å²) in [6.45, 7) is 1.45. The third kappa shape index (κ3) is 2.84. The molecule has 21 heavy (non-hydrogen) atoms. The Morgan fingerprint density at radius 2 is 1.76 bits per heavy atom. The van der Waals surface area contributed by atoms with E-state index in [1.807, 2.05) is 0 Å². The van der Waals surface area contributed by atoms with Crippen LogP contribution in [0.1, 0.15) is 26.5 Å². The van der Waals surface area contributed by atoms with E-state index in [2.05, 4.69) is 0 Å². The van der Waals surface area contributed by atoms with Gasteiger partial charge in [0.25, 0.3) is 0 Å². The molecule has 1 aromatic carbocycles. The fraction of sp³-hybridized carbons (Fsp3) is 0.133. The lowest BCUT2D eigenvalue weighted by Gasteiger charge is -2.04. The van der Waals surface area contributed by atoms with Crippen molar-refractivity contribution in [1.29, 1.82) is 0 Å². The number of methoxy groups -OCH3 is 1. The van der Waals surface area contributed by atoms with Gasteiger partial charge >= 0.3 is 5.63 Å². The lowest BCUT2D eigenvalue weighted by Crippen LogP contribution is -2.22. The van der Waals surface area contributed by atoms with Crippen molar-refractivity contribution in [3.63, 3.8) is 0 Å². The van der Waals surface area contributed by atoms with E-state index in [1.165, 1.54) is 38.3 Å². The zero-order valence-electron chi connectivity index (χ0n) is 11.4. The molecule has 0 saturated carbocycles. The lowest BCUT2D eigenvalue weighted by atomic mass is 10.0. The highest BCUT2D eigenvalue weighted by molar-refractivity contribution is 6.49. The average Bonchev–Trinajstić information content (AvgIpc) is 2.45. The molecular formula is C15H12O6. The molecule has 0 unspecified atom stereocenters. The van der Waals surface area contributed by atoms with Crippen LogP contribution >= 0.6 is 0 Å². The van der Waals surface area contributed by atoms with E-state index in [4.69, 9.17) is 9.15 Å². The zero-order valence-corrected chi connectivity index (χ0v) is 11.4. The Balaban J connectivity index is 2.40. The van der Waals surface area contributed by atoms with Crippen molar-refractivity contribution < 1.29 is 23.8 Å². The molecule has 6 heteroatoms. The van der Waals surface area contributed by atoms with Gasteiger partial charge in [0.05, 0.1) is 7.11 Å². The number of rotatable bonds is 4. The molecule has 0 fully saturated rings. The molecule has 0 aliphatic carbocycles. The Hall–Kier alpha value is -2.89. The van der Waals surface area contributed by atoms with Crippen LogP contribution in [0.4, 0.5) is 0 Å². The van der Waals surface area contributed by atoms with Crippen molar-refractivity contribution in [2.24, 2.45) is 0 Å². The van der Waals surface area contributed by atoms with Gasteiger partial charge < -0.3 is 14.3 Å². The SMILES string of the molecule is COc1ccc(C(=O)C(=O)c2c(O)cc(C)oc2=O)cc1. The van der Waals surface area contributed by atoms with Gasteiger partial charge in [-0.2, -0.15) is 0 Å². The Bertz CT molecular complexity index is 755. The quantitative estimate of drug-likeness (QED) is 0.680. The summed E-state index contributed by atoms with van der Waals surface area (Å²) in [5.74, 6) is -1.94. The van der Waals surface area contributed by atoms with Gasteiger partial charge in [-0.15, -0.1) is 0 Å². The first kappa shape index (κ1) is 14.5. The third-order valence-corrected chi connectivity index (χ3v) is 2.84. The average molecular weight is 288 g/mol. The topological polar surface area (TPSA) is 93.8 Å². The number of ketones is 2. The van der Waals surface area contributed by atoms with E-state index in [9.17, 15) is 19.5 Å². The van der Waals surface area contributed by atoms with Crippen molar-refractivity contribution in [2.45, 2.75) is 6.92 Å². The fourth-order valence-electron chi connectivity index (χ4n) is 1.79. The predicted octanol–water partition coefficient (Wildman–Crippen LogP) is 1.73. The summed E-state index contributed by atoms with van der Waals surface area (Å²) in [5, 5.41) is 9.67. The summed E-state index contributed by atoms with van der Waals surface area (Å²) in [6.07, 6.45) is 0. The number of aryl methyl sites for hydroxylation is 1. The first-order valence-electron chi connectivity index (χ1n) is 6.01. The van der Waals surface area contributed by atoms with Gasteiger partial charge in [-0.05, 0) is 31.2 Å². The first-order valence-corrected chi connectivity index (χ1v) is 6.01. The smallest absolute Gasteiger partial charge is 0.351 e. The van der Waals surface area contributed by atoms with Gasteiger partial charge in [0.1, 0.15) is 17.3 Å². The molecule has 0 aliphatic rings. The third-order valence-electron chi connectivity index (χ3n) is 2.84. The molecule has 1 aromatic heterocycles. The molecule has 0 aliphatic heterocycles. The van der Waals surface area contributed by atoms with Gasteiger partial charge in [0.15, 0.2) is 5.56 Å². The van der Waals surface area contributed by atoms with Crippen LogP contribution in [0.25, 0.3) is 0 Å². The molecule has 1 N–H and O–H groups in total. The second kappa shape index (κ2) is 5.62. The first-order chi connectivity index (χ1) is 9.93. The molecule has 0 radical (unpaired) electrons. The van der Waals surface area contributed by atoms with Crippen LogP contribution in [-0.2, 0) is 0 Å². The van der Waals surface area contributed by atoms with Gasteiger partial charge in [0.2, 0.25) is 11.6 Å². The molecule has 6 nitrogen and oxygen atoms in total. The number of hydrogen-bond acceptors (Lipinski definition) is 6. The number of carbonyl (C=O) groups is 2. The van der Waals surface area contributed by atoms with Gasteiger partial charge in [-0.1, -0.05) is 0 Å². The minimum Gasteiger partial charge on any atom is -0.507 e. The summed E-state index contributed by atoms with van der Waals surface area (Å²) < 4.78 is 9.67. The molecular weight excluding hydrogens is 276 g/mol. The van der Waals surface area contributed by atoms with Crippen molar-refractivity contribution in [1.82, 2.24) is 0 Å². The zero-order chi connectivity index (χ0) is 15.6. The van der Waals surface area contributed by atoms with E-state index >= 15 is 0 Å². The van der Waals surface area contributed by atoms with E-state index in [0.717, 1.165) is 6.07 Å². The number of ether oxygens (including phenoxy) is 1. The molecule has 2 rings (SSSR count). The van der Waals surface area contributed by atoms with Crippen LogP contribution in [0.2, 0.25) is 0 Å². The highest BCUT2D eigenvalue weighted by atomic mass is 16.5. The van der Waals surface area contributed by atoms with Crippen LogP contribution < -0.4 is 10.4 Å². The van der Waals surface area contributed by atoms with Crippen LogP contribution in [0, 0.1) is 6.92 Å². The minimum absolute atomic E-state index is 0.0835. The molecule has 0 saturated heterocycles. The van der Waals surface area contributed by atoms with E-state index < -0.39 is 28.5 Å². The maximum atomic E-state index is 12.1. The fourth-order valence-corrected chi connectivity index (χ4v) is 1.79. The van der Waals surface area contributed by atoms with E-state index in [1.54, 1.807) is 0 Å². The maximum absolute atomic E-state index is 12.1. The molecule has 0 spiro atoms. The second-order valence-corrected chi connectivity index (χ2v) is 4.29. The number of aromatic hydroxyl groups is 1. The Morgan fingerprint density at radius 3 is 2.29 bits per heavy atom. The predicted molar refractivity (Wildman–Crippen MR) is 73.0 cm³/mol. The van der Waals surface area contributed by atoms with Crippen LogP contribution in [0.5, 0.6) is 11.5 Å². The molecule has 2 aromatic rings. The van der Waals surface area contributed by atoms with Gasteiger partial charge in [0, 0.05) is 11.6 Å². The number of benzene rings is 1. The second-order valence-electron chi connectivity index (χ2n) is 4.29. The maximum Gasteiger partial charge on any atom is 0.351 e. The highest BCUT2D eigenvalue weighted by Crippen LogP contribution is 2.18. The molecule has 108 valence electrons. The molecule has 0 atom stereocenters. The summed E-state index contributed by atoms with van der Waals surface area (Å²) in [6, 6.07) is 6.92. The van der Waals surface area contributed by atoms with E-state index in [0.29, 0.717) is 5.75 Å². The normalized spacial score (nSPS) is 10.2. The molecule has 0 amide bonds.